The fraction of sp³-hybridized carbons (Fsp3) is 0.211. The predicted molar refractivity (Wildman–Crippen MR) is 95.8 cm³/mol. The van der Waals surface area contributed by atoms with Crippen LogP contribution in [-0.4, -0.2) is 49.9 Å². The minimum Gasteiger partial charge on any atom is -0.457 e. The van der Waals surface area contributed by atoms with E-state index in [4.69, 9.17) is 9.15 Å². The van der Waals surface area contributed by atoms with Crippen LogP contribution in [0.15, 0.2) is 46.9 Å². The number of amides is 2. The van der Waals surface area contributed by atoms with Crippen LogP contribution in [0.25, 0.3) is 17.4 Å². The zero-order valence-electron chi connectivity index (χ0n) is 14.9. The van der Waals surface area contributed by atoms with Gasteiger partial charge in [-0.15, -0.1) is 0 Å². The van der Waals surface area contributed by atoms with E-state index in [-0.39, 0.29) is 12.5 Å². The van der Waals surface area contributed by atoms with Crippen molar-refractivity contribution in [3.63, 3.8) is 0 Å². The number of hydrogen-bond donors (Lipinski definition) is 1. The Balaban J connectivity index is 1.87. The van der Waals surface area contributed by atoms with Gasteiger partial charge in [0, 0.05) is 20.2 Å². The third-order valence-electron chi connectivity index (χ3n) is 3.57. The fourth-order valence-corrected chi connectivity index (χ4v) is 2.07. The van der Waals surface area contributed by atoms with E-state index < -0.39 is 24.3 Å². The molecule has 1 heterocycles. The Kier molecular flexibility index (Phi) is 6.87. The van der Waals surface area contributed by atoms with Gasteiger partial charge < -0.3 is 19.4 Å². The average molecular weight is 374 g/mol. The fourth-order valence-electron chi connectivity index (χ4n) is 2.07. The van der Waals surface area contributed by atoms with Gasteiger partial charge >= 0.3 is 5.97 Å². The second kappa shape index (κ2) is 9.33. The number of hydrogen-bond acceptors (Lipinski definition) is 5. The van der Waals surface area contributed by atoms with Gasteiger partial charge in [0.2, 0.25) is 5.91 Å². The molecule has 2 amide bonds. The van der Waals surface area contributed by atoms with Crippen molar-refractivity contribution < 1.29 is 27.9 Å². The predicted octanol–water partition coefficient (Wildman–Crippen LogP) is 1.85. The number of esters is 1. The molecular formula is C19H19FN2O5. The number of likely N-dealkylation sites (N-methyl/N-ethyl adjacent to an activating group) is 2. The van der Waals surface area contributed by atoms with Crippen LogP contribution in [0.2, 0.25) is 0 Å². The van der Waals surface area contributed by atoms with E-state index in [9.17, 15) is 18.8 Å². The Morgan fingerprint density at radius 3 is 2.67 bits per heavy atom. The lowest BCUT2D eigenvalue weighted by Gasteiger charge is -2.15. The quantitative estimate of drug-likeness (QED) is 0.590. The number of carbonyl (C=O) groups excluding carboxylic acids is 3. The topological polar surface area (TPSA) is 88.9 Å². The molecule has 0 aliphatic carbocycles. The number of ether oxygens (including phenoxy) is 1. The van der Waals surface area contributed by atoms with Gasteiger partial charge in [-0.1, -0.05) is 12.1 Å². The molecule has 142 valence electrons. The molecule has 8 heteroatoms. The van der Waals surface area contributed by atoms with Gasteiger partial charge in [-0.05, 0) is 30.3 Å². The van der Waals surface area contributed by atoms with Gasteiger partial charge in [-0.25, -0.2) is 9.18 Å². The van der Waals surface area contributed by atoms with E-state index in [1.165, 1.54) is 26.2 Å². The molecule has 2 aromatic rings. The van der Waals surface area contributed by atoms with E-state index in [0.717, 1.165) is 11.0 Å². The summed E-state index contributed by atoms with van der Waals surface area (Å²) in [6.07, 6.45) is 2.45. The molecule has 0 fully saturated rings. The zero-order valence-corrected chi connectivity index (χ0v) is 14.9. The molecule has 0 unspecified atom stereocenters. The maximum absolute atomic E-state index is 13.7. The van der Waals surface area contributed by atoms with Crippen molar-refractivity contribution in [3.05, 3.63) is 54.1 Å². The molecule has 0 aliphatic heterocycles. The number of benzene rings is 1. The SMILES string of the molecule is CNC(=O)CN(C)C(=O)COC(=O)/C=C/c1ccc(-c2ccccc2F)o1. The Labute approximate surface area is 155 Å². The summed E-state index contributed by atoms with van der Waals surface area (Å²) in [5, 5.41) is 2.39. The first-order chi connectivity index (χ1) is 12.9. The van der Waals surface area contributed by atoms with Gasteiger partial charge in [0.1, 0.15) is 17.3 Å². The van der Waals surface area contributed by atoms with Crippen LogP contribution in [0, 0.1) is 5.82 Å². The summed E-state index contributed by atoms with van der Waals surface area (Å²) in [5.41, 5.74) is 0.310. The lowest BCUT2D eigenvalue weighted by molar-refractivity contribution is -0.148. The molecule has 27 heavy (non-hydrogen) atoms. The maximum atomic E-state index is 13.7. The van der Waals surface area contributed by atoms with Gasteiger partial charge in [0.05, 0.1) is 12.1 Å². The number of halogens is 1. The number of nitrogens with zero attached hydrogens (tertiary/aromatic N) is 1. The Morgan fingerprint density at radius 2 is 1.96 bits per heavy atom. The van der Waals surface area contributed by atoms with Crippen LogP contribution >= 0.6 is 0 Å². The van der Waals surface area contributed by atoms with Gasteiger partial charge in [0.15, 0.2) is 6.61 Å². The molecule has 1 aromatic heterocycles. The number of rotatable bonds is 7. The second-order valence-corrected chi connectivity index (χ2v) is 5.55. The van der Waals surface area contributed by atoms with Crippen LogP contribution < -0.4 is 5.32 Å². The van der Waals surface area contributed by atoms with E-state index in [1.54, 1.807) is 30.3 Å². The highest BCUT2D eigenvalue weighted by molar-refractivity contribution is 5.90. The molecule has 0 bridgehead atoms. The lowest BCUT2D eigenvalue weighted by atomic mass is 10.1. The van der Waals surface area contributed by atoms with Crippen LogP contribution in [0.1, 0.15) is 5.76 Å². The van der Waals surface area contributed by atoms with E-state index >= 15 is 0 Å². The van der Waals surface area contributed by atoms with Crippen molar-refractivity contribution in [1.29, 1.82) is 0 Å². The molecule has 0 saturated heterocycles. The Morgan fingerprint density at radius 1 is 1.22 bits per heavy atom. The molecular weight excluding hydrogens is 355 g/mol. The molecule has 7 nitrogen and oxygen atoms in total. The number of furan rings is 1. The molecule has 1 aromatic carbocycles. The molecule has 0 radical (unpaired) electrons. The third kappa shape index (κ3) is 5.81. The van der Waals surface area contributed by atoms with Crippen LogP contribution in [0.3, 0.4) is 0 Å². The van der Waals surface area contributed by atoms with Crippen molar-refractivity contribution in [2.75, 3.05) is 27.2 Å². The molecule has 0 saturated carbocycles. The first-order valence-corrected chi connectivity index (χ1v) is 8.05. The number of carbonyl (C=O) groups is 3. The van der Waals surface area contributed by atoms with Crippen LogP contribution in [0.4, 0.5) is 4.39 Å². The van der Waals surface area contributed by atoms with Crippen molar-refractivity contribution >= 4 is 23.9 Å². The van der Waals surface area contributed by atoms with Gasteiger partial charge in [-0.3, -0.25) is 9.59 Å². The summed E-state index contributed by atoms with van der Waals surface area (Å²) < 4.78 is 24.0. The van der Waals surface area contributed by atoms with Gasteiger partial charge in [-0.2, -0.15) is 0 Å². The summed E-state index contributed by atoms with van der Waals surface area (Å²) in [6, 6.07) is 9.33. The summed E-state index contributed by atoms with van der Waals surface area (Å²) in [7, 11) is 2.88. The number of nitrogens with one attached hydrogen (secondary N) is 1. The first kappa shape index (κ1) is 19.9. The highest BCUT2D eigenvalue weighted by atomic mass is 19.1. The van der Waals surface area contributed by atoms with E-state index in [2.05, 4.69) is 5.32 Å². The van der Waals surface area contributed by atoms with Crippen LogP contribution in [-0.2, 0) is 19.1 Å². The van der Waals surface area contributed by atoms with Gasteiger partial charge in [0.25, 0.3) is 5.91 Å². The standard InChI is InChI=1S/C19H19FN2O5/c1-21-17(23)11-22(2)18(24)12-26-19(25)10-8-13-7-9-16(27-13)14-5-3-4-6-15(14)20/h3-10H,11-12H2,1-2H3,(H,21,23)/b10-8+. The first-order valence-electron chi connectivity index (χ1n) is 8.05. The molecule has 0 aliphatic rings. The average Bonchev–Trinajstić information content (AvgIpc) is 3.13. The minimum absolute atomic E-state index is 0.131. The molecule has 2 rings (SSSR count). The normalized spacial score (nSPS) is 10.6. The van der Waals surface area contributed by atoms with Crippen molar-refractivity contribution in [2.24, 2.45) is 0 Å². The Hall–Kier alpha value is -3.42. The summed E-state index contributed by atoms with van der Waals surface area (Å²) >= 11 is 0. The Bertz CT molecular complexity index is 859. The van der Waals surface area contributed by atoms with Crippen molar-refractivity contribution in [2.45, 2.75) is 0 Å². The third-order valence-corrected chi connectivity index (χ3v) is 3.57. The summed E-state index contributed by atoms with van der Waals surface area (Å²) in [5.74, 6) is -1.36. The van der Waals surface area contributed by atoms with E-state index in [1.807, 2.05) is 0 Å². The van der Waals surface area contributed by atoms with Crippen LogP contribution in [0.5, 0.6) is 0 Å². The highest BCUT2D eigenvalue weighted by Gasteiger charge is 2.13. The highest BCUT2D eigenvalue weighted by Crippen LogP contribution is 2.25. The molecule has 0 spiro atoms. The monoisotopic (exact) mass is 374 g/mol. The summed E-state index contributed by atoms with van der Waals surface area (Å²) in [4.78, 5) is 35.8. The van der Waals surface area contributed by atoms with Crippen molar-refractivity contribution in [3.8, 4) is 11.3 Å². The molecule has 0 atom stereocenters. The summed E-state index contributed by atoms with van der Waals surface area (Å²) in [6.45, 7) is -0.622. The second-order valence-electron chi connectivity index (χ2n) is 5.55. The smallest absolute Gasteiger partial charge is 0.331 e. The largest absolute Gasteiger partial charge is 0.457 e. The minimum atomic E-state index is -0.750. The maximum Gasteiger partial charge on any atom is 0.331 e. The van der Waals surface area contributed by atoms with E-state index in [0.29, 0.717) is 17.1 Å². The lowest BCUT2D eigenvalue weighted by Crippen LogP contribution is -2.38. The van der Waals surface area contributed by atoms with Crippen molar-refractivity contribution in [1.82, 2.24) is 10.2 Å². The molecule has 1 N–H and O–H groups in total. The zero-order chi connectivity index (χ0) is 19.8.